The molecule has 0 heterocycles. The molecule has 0 aliphatic rings. The summed E-state index contributed by atoms with van der Waals surface area (Å²) in [5.74, 6) is 0. The molecule has 0 aromatic heterocycles. The Labute approximate surface area is 119 Å². The summed E-state index contributed by atoms with van der Waals surface area (Å²) in [7, 11) is 0. The van der Waals surface area contributed by atoms with Crippen LogP contribution < -0.4 is 5.73 Å². The van der Waals surface area contributed by atoms with Gasteiger partial charge < -0.3 is 5.73 Å². The maximum atomic E-state index is 10.7. The van der Waals surface area contributed by atoms with Crippen molar-refractivity contribution in [2.45, 2.75) is 71.1 Å². The average molecular weight is 250 g/mol. The summed E-state index contributed by atoms with van der Waals surface area (Å²) >= 11 is 1.50. The van der Waals surface area contributed by atoms with Crippen molar-refractivity contribution in [2.75, 3.05) is 0 Å². The van der Waals surface area contributed by atoms with Crippen LogP contribution in [-0.4, -0.2) is 25.6 Å². The number of nitriles is 1. The number of carbonyl (C=O) groups is 1. The van der Waals surface area contributed by atoms with Crippen LogP contribution >= 0.6 is 0 Å². The molecule has 4 heteroatoms. The van der Waals surface area contributed by atoms with Crippen molar-refractivity contribution in [1.29, 1.82) is 5.26 Å². The second-order valence-corrected chi connectivity index (χ2v) is 5.03. The van der Waals surface area contributed by atoms with Crippen molar-refractivity contribution in [1.82, 2.24) is 0 Å². The van der Waals surface area contributed by atoms with E-state index in [2.05, 4.69) is 12.7 Å². The average Bonchev–Trinajstić information content (AvgIpc) is 2.27. The zero-order valence-electron chi connectivity index (χ0n) is 11.2. The molecule has 0 aliphatic carbocycles. The van der Waals surface area contributed by atoms with Gasteiger partial charge in [-0.05, 0) is 6.42 Å². The molecule has 0 aromatic rings. The Morgan fingerprint density at radius 1 is 1.06 bits per heavy atom. The van der Waals surface area contributed by atoms with E-state index in [0.29, 0.717) is 3.91 Å². The predicted molar refractivity (Wildman–Crippen MR) is 72.4 cm³/mol. The van der Waals surface area contributed by atoms with Crippen molar-refractivity contribution >= 4 is 25.6 Å². The third-order valence-electron chi connectivity index (χ3n) is 2.56. The fourth-order valence-electron chi connectivity index (χ4n) is 1.63. The molecule has 0 saturated heterocycles. The van der Waals surface area contributed by atoms with E-state index in [1.54, 1.807) is 0 Å². The maximum Gasteiger partial charge on any atom is 1.51 e. The molecule has 0 fully saturated rings. The van der Waals surface area contributed by atoms with Crippen LogP contribution in [0.25, 0.3) is 0 Å². The molecule has 0 amide bonds. The summed E-state index contributed by atoms with van der Waals surface area (Å²) in [6.45, 7) is 2.25. The van der Waals surface area contributed by atoms with E-state index in [1.807, 2.05) is 0 Å². The Bertz CT molecular complexity index is 202. The van der Waals surface area contributed by atoms with Gasteiger partial charge in [-0.1, -0.05) is 58.3 Å². The highest BCUT2D eigenvalue weighted by atomic mass is 24.4. The summed E-state index contributed by atoms with van der Waals surface area (Å²) in [6.07, 6.45) is 14.0. The van der Waals surface area contributed by atoms with Gasteiger partial charge in [0.05, 0.1) is 6.42 Å². The van der Waals surface area contributed by atoms with Crippen LogP contribution in [-0.2, 0) is 4.79 Å². The fraction of sp³-hybridized carbons (Fsp3) is 0.846. The Hall–Kier alpha value is -0.274. The minimum atomic E-state index is 0.368. The largest absolute Gasteiger partial charge is 1.51 e. The molecule has 3 nitrogen and oxygen atoms in total. The second kappa shape index (κ2) is 18.1. The molecule has 2 N–H and O–H groups in total. The number of rotatable bonds is 10. The van der Waals surface area contributed by atoms with E-state index < -0.39 is 0 Å². The SMILES string of the molecule is CCCCCCCCCCC[C](=O)[Mg+2].N#CN. The first-order chi connectivity index (χ1) is 8.18. The Balaban J connectivity index is 0. The van der Waals surface area contributed by atoms with Gasteiger partial charge in [0.2, 0.25) is 0 Å². The Morgan fingerprint density at radius 2 is 1.41 bits per heavy atom. The van der Waals surface area contributed by atoms with E-state index in [9.17, 15) is 4.79 Å². The van der Waals surface area contributed by atoms with Crippen molar-refractivity contribution in [3.63, 3.8) is 0 Å². The molecular formula is C13H25MgN2O+2. The van der Waals surface area contributed by atoms with Crippen LogP contribution in [0.15, 0.2) is 0 Å². The standard InChI is InChI=1S/C12H23O.CH2N2.Mg/c1-2-3-4-5-6-7-8-9-10-11-12-13;2-1-3;/h2-11H2,1H3;2H2;/q;;+2. The van der Waals surface area contributed by atoms with Gasteiger partial charge in [-0.2, -0.15) is 5.26 Å². The molecule has 0 rings (SSSR count). The van der Waals surface area contributed by atoms with Gasteiger partial charge >= 0.3 is 25.6 Å². The molecule has 93 valence electrons. The topological polar surface area (TPSA) is 66.9 Å². The number of unbranched alkanes of at least 4 members (excludes halogenated alkanes) is 8. The number of hydrogen-bond acceptors (Lipinski definition) is 3. The summed E-state index contributed by atoms with van der Waals surface area (Å²) < 4.78 is 0.368. The van der Waals surface area contributed by atoms with E-state index in [4.69, 9.17) is 5.26 Å². The van der Waals surface area contributed by atoms with Gasteiger partial charge in [0, 0.05) is 0 Å². The highest BCUT2D eigenvalue weighted by Crippen LogP contribution is 2.10. The Morgan fingerprint density at radius 3 is 1.76 bits per heavy atom. The monoisotopic (exact) mass is 249 g/mol. The third kappa shape index (κ3) is 25.8. The van der Waals surface area contributed by atoms with Crippen molar-refractivity contribution in [3.05, 3.63) is 0 Å². The van der Waals surface area contributed by atoms with Crippen LogP contribution in [0, 0.1) is 11.5 Å². The smallest absolute Gasteiger partial charge is 0.337 e. The number of carbonyl (C=O) groups excluding carboxylic acids is 1. The van der Waals surface area contributed by atoms with E-state index in [-0.39, 0.29) is 0 Å². The zero-order valence-corrected chi connectivity index (χ0v) is 12.6. The highest BCUT2D eigenvalue weighted by Gasteiger charge is 2.40. The van der Waals surface area contributed by atoms with E-state index in [0.717, 1.165) is 12.8 Å². The molecule has 0 spiro atoms. The maximum absolute atomic E-state index is 10.7. The second-order valence-electron chi connectivity index (χ2n) is 4.25. The van der Waals surface area contributed by atoms with Gasteiger partial charge in [-0.15, -0.1) is 0 Å². The van der Waals surface area contributed by atoms with Crippen LogP contribution in [0.3, 0.4) is 0 Å². The van der Waals surface area contributed by atoms with Gasteiger partial charge in [-0.3, -0.25) is 0 Å². The first kappa shape index (κ1) is 19.1. The number of nitrogens with two attached hydrogens (primary N) is 1. The van der Waals surface area contributed by atoms with Gasteiger partial charge in [0.25, 0.3) is 0 Å². The first-order valence-corrected chi connectivity index (χ1v) is 7.34. The fourth-order valence-corrected chi connectivity index (χ4v) is 1.88. The van der Waals surface area contributed by atoms with Gasteiger partial charge in [0.15, 0.2) is 6.19 Å². The van der Waals surface area contributed by atoms with Crippen molar-refractivity contribution in [3.8, 4) is 6.19 Å². The quantitative estimate of drug-likeness (QED) is 0.280. The molecule has 0 atom stereocenters. The normalized spacial score (nSPS) is 9.00. The molecule has 0 saturated carbocycles. The van der Waals surface area contributed by atoms with Gasteiger partial charge in [-0.25, -0.2) is 4.79 Å². The lowest BCUT2D eigenvalue weighted by atomic mass is 10.1. The number of nitrogens with zero attached hydrogens (tertiary/aromatic N) is 1. The van der Waals surface area contributed by atoms with Crippen LogP contribution in [0.1, 0.15) is 71.1 Å². The van der Waals surface area contributed by atoms with E-state index in [1.165, 1.54) is 79.3 Å². The summed E-state index contributed by atoms with van der Waals surface area (Å²) in [6, 6.07) is 0. The number of hydrogen-bond donors (Lipinski definition) is 1. The predicted octanol–water partition coefficient (Wildman–Crippen LogP) is 3.03. The van der Waals surface area contributed by atoms with Gasteiger partial charge in [0.1, 0.15) is 0 Å². The van der Waals surface area contributed by atoms with Crippen LogP contribution in [0.2, 0.25) is 0 Å². The molecule has 0 bridgehead atoms. The molecule has 7 radical (unpaired) electrons. The molecule has 0 unspecified atom stereocenters. The molecule has 0 aliphatic heterocycles. The molecule has 0 aromatic carbocycles. The van der Waals surface area contributed by atoms with Crippen LogP contribution in [0.4, 0.5) is 0 Å². The summed E-state index contributed by atoms with van der Waals surface area (Å²) in [5.41, 5.74) is 4.15. The minimum Gasteiger partial charge on any atom is -0.337 e. The zero-order chi connectivity index (χ0) is 13.4. The highest BCUT2D eigenvalue weighted by molar-refractivity contribution is 6.57. The molecule has 17 heavy (non-hydrogen) atoms. The first-order valence-electron chi connectivity index (χ1n) is 6.63. The van der Waals surface area contributed by atoms with Crippen molar-refractivity contribution < 1.29 is 4.79 Å². The minimum absolute atomic E-state index is 0.368. The summed E-state index contributed by atoms with van der Waals surface area (Å²) in [5, 5.41) is 7.10. The lowest BCUT2D eigenvalue weighted by molar-refractivity contribution is -0.111. The lowest BCUT2D eigenvalue weighted by Crippen LogP contribution is -1.94. The summed E-state index contributed by atoms with van der Waals surface area (Å²) in [4.78, 5) is 10.7. The van der Waals surface area contributed by atoms with Crippen molar-refractivity contribution in [2.24, 2.45) is 5.73 Å². The third-order valence-corrected chi connectivity index (χ3v) is 2.91. The lowest BCUT2D eigenvalue weighted by Gasteiger charge is -1.99. The Kier molecular flexibility index (Phi) is 20.3. The van der Waals surface area contributed by atoms with Crippen LogP contribution in [0.5, 0.6) is 0 Å². The van der Waals surface area contributed by atoms with E-state index >= 15 is 0 Å². The molecular weight excluding hydrogens is 224 g/mol.